The maximum Gasteiger partial charge on any atom is 0.307 e. The monoisotopic (exact) mass is 484 g/mol. The number of aliphatic carboxylic acids is 1. The van der Waals surface area contributed by atoms with E-state index in [9.17, 15) is 24.3 Å². The summed E-state index contributed by atoms with van der Waals surface area (Å²) in [4.78, 5) is 51.3. The number of carbonyl (C=O) groups is 4. The number of halogens is 1. The highest BCUT2D eigenvalue weighted by atomic mass is 35.5. The van der Waals surface area contributed by atoms with Crippen molar-refractivity contribution in [3.05, 3.63) is 65.7 Å². The molecule has 170 valence electrons. The van der Waals surface area contributed by atoms with Crippen molar-refractivity contribution < 1.29 is 24.3 Å². The fourth-order valence-corrected chi connectivity index (χ4v) is 5.21. The lowest BCUT2D eigenvalue weighted by Gasteiger charge is -2.24. The normalized spacial score (nSPS) is 22.5. The van der Waals surface area contributed by atoms with Crippen molar-refractivity contribution in [3.63, 3.8) is 0 Å². The number of allylic oxidation sites excluding steroid dienone is 2. The van der Waals surface area contributed by atoms with Gasteiger partial charge >= 0.3 is 5.97 Å². The smallest absolute Gasteiger partial charge is 0.307 e. The average molecular weight is 485 g/mol. The molecule has 9 heteroatoms. The molecule has 1 saturated heterocycles. The first-order valence-corrected chi connectivity index (χ1v) is 11.7. The number of nitrogens with one attached hydrogen (secondary N) is 1. The van der Waals surface area contributed by atoms with Crippen LogP contribution in [-0.4, -0.2) is 34.0 Å². The Morgan fingerprint density at radius 3 is 2.39 bits per heavy atom. The molecule has 4 rings (SSSR count). The van der Waals surface area contributed by atoms with Crippen molar-refractivity contribution in [1.82, 2.24) is 0 Å². The van der Waals surface area contributed by atoms with Gasteiger partial charge in [0.05, 0.1) is 22.8 Å². The molecule has 3 atom stereocenters. The summed E-state index contributed by atoms with van der Waals surface area (Å²) < 4.78 is 0. The molecule has 0 unspecified atom stereocenters. The van der Waals surface area contributed by atoms with Crippen molar-refractivity contribution >= 4 is 58.4 Å². The van der Waals surface area contributed by atoms with Gasteiger partial charge in [0.25, 0.3) is 0 Å². The van der Waals surface area contributed by atoms with Crippen molar-refractivity contribution in [3.8, 4) is 0 Å². The van der Waals surface area contributed by atoms with Crippen LogP contribution >= 0.6 is 23.4 Å². The van der Waals surface area contributed by atoms with E-state index in [2.05, 4.69) is 5.32 Å². The largest absolute Gasteiger partial charge is 0.481 e. The maximum absolute atomic E-state index is 12.8. The zero-order valence-corrected chi connectivity index (χ0v) is 19.0. The van der Waals surface area contributed by atoms with Crippen LogP contribution < -0.4 is 10.2 Å². The highest BCUT2D eigenvalue weighted by Crippen LogP contribution is 2.35. The zero-order valence-electron chi connectivity index (χ0n) is 17.4. The van der Waals surface area contributed by atoms with E-state index in [0.29, 0.717) is 29.2 Å². The molecule has 1 fully saturated rings. The van der Waals surface area contributed by atoms with Gasteiger partial charge < -0.3 is 10.4 Å². The van der Waals surface area contributed by atoms with Gasteiger partial charge in [-0.05, 0) is 55.3 Å². The van der Waals surface area contributed by atoms with Crippen LogP contribution in [0.1, 0.15) is 19.3 Å². The molecular formula is C24H21ClN2O5S. The summed E-state index contributed by atoms with van der Waals surface area (Å²) in [5.74, 6) is -3.25. The number of carboxylic acid groups (broad SMARTS) is 1. The summed E-state index contributed by atoms with van der Waals surface area (Å²) >= 11 is 7.27. The number of rotatable bonds is 6. The fourth-order valence-electron chi connectivity index (χ4n) is 3.98. The summed E-state index contributed by atoms with van der Waals surface area (Å²) in [5.41, 5.74) is 0.994. The average Bonchev–Trinajstić information content (AvgIpc) is 3.07. The van der Waals surface area contributed by atoms with Crippen LogP contribution in [0, 0.1) is 11.8 Å². The third kappa shape index (κ3) is 5.12. The van der Waals surface area contributed by atoms with E-state index in [1.807, 2.05) is 6.08 Å². The Hall–Kier alpha value is -3.10. The molecule has 1 aliphatic heterocycles. The van der Waals surface area contributed by atoms with E-state index < -0.39 is 23.1 Å². The van der Waals surface area contributed by atoms with Crippen LogP contribution in [0.5, 0.6) is 0 Å². The van der Waals surface area contributed by atoms with Gasteiger partial charge in [0.15, 0.2) is 0 Å². The van der Waals surface area contributed by atoms with Crippen LogP contribution in [0.2, 0.25) is 5.02 Å². The van der Waals surface area contributed by atoms with E-state index in [1.165, 1.54) is 11.8 Å². The summed E-state index contributed by atoms with van der Waals surface area (Å²) in [5, 5.41) is 12.0. The van der Waals surface area contributed by atoms with Gasteiger partial charge in [-0.1, -0.05) is 29.8 Å². The lowest BCUT2D eigenvalue weighted by Crippen LogP contribution is -2.34. The van der Waals surface area contributed by atoms with Gasteiger partial charge in [-0.15, -0.1) is 11.8 Å². The van der Waals surface area contributed by atoms with Gasteiger partial charge in [0, 0.05) is 22.0 Å². The van der Waals surface area contributed by atoms with E-state index in [4.69, 9.17) is 11.6 Å². The van der Waals surface area contributed by atoms with Crippen LogP contribution in [0.3, 0.4) is 0 Å². The Bertz CT molecular complexity index is 1130. The SMILES string of the molecule is O=C(O)[C@H]1CC=CC[C@H]1C(=O)Nc1ccc(S[C@@H]2CC(=O)N(c3cccc(Cl)c3)C2=O)cc1. The summed E-state index contributed by atoms with van der Waals surface area (Å²) in [7, 11) is 0. The molecule has 33 heavy (non-hydrogen) atoms. The number of amides is 3. The standard InChI is InChI=1S/C24H21ClN2O5S/c25-14-4-3-5-16(12-14)27-21(28)13-20(23(27)30)33-17-10-8-15(9-11-17)26-22(29)18-6-1-2-7-19(18)24(31)32/h1-5,8-12,18-20H,6-7,13H2,(H,26,29)(H,31,32)/t18-,19+,20-/m1/s1. The second-order valence-corrected chi connectivity index (χ2v) is 9.58. The minimum Gasteiger partial charge on any atom is -0.481 e. The Balaban J connectivity index is 1.39. The molecule has 7 nitrogen and oxygen atoms in total. The maximum atomic E-state index is 12.8. The lowest BCUT2D eigenvalue weighted by molar-refractivity contribution is -0.146. The van der Waals surface area contributed by atoms with E-state index in [0.717, 1.165) is 9.80 Å². The van der Waals surface area contributed by atoms with Crippen LogP contribution in [0.15, 0.2) is 65.6 Å². The minimum atomic E-state index is -0.978. The van der Waals surface area contributed by atoms with Gasteiger partial charge in [-0.25, -0.2) is 4.90 Å². The number of hydrogen-bond donors (Lipinski definition) is 2. The molecule has 0 saturated carbocycles. The van der Waals surface area contributed by atoms with E-state index in [1.54, 1.807) is 54.6 Å². The Labute approximate surface area is 199 Å². The van der Waals surface area contributed by atoms with Gasteiger partial charge in [-0.3, -0.25) is 19.2 Å². The number of benzene rings is 2. The molecule has 2 aromatic carbocycles. The first-order chi connectivity index (χ1) is 15.8. The summed E-state index contributed by atoms with van der Waals surface area (Å²) in [6.07, 6.45) is 4.43. The molecule has 3 amide bonds. The highest BCUT2D eigenvalue weighted by Gasteiger charge is 2.40. The molecule has 0 aromatic heterocycles. The minimum absolute atomic E-state index is 0.0836. The summed E-state index contributed by atoms with van der Waals surface area (Å²) in [6, 6.07) is 13.5. The number of imide groups is 1. The summed E-state index contributed by atoms with van der Waals surface area (Å²) in [6.45, 7) is 0. The van der Waals surface area contributed by atoms with Crippen molar-refractivity contribution in [2.24, 2.45) is 11.8 Å². The molecule has 0 bridgehead atoms. The highest BCUT2D eigenvalue weighted by molar-refractivity contribution is 8.00. The van der Waals surface area contributed by atoms with Gasteiger partial charge in [0.2, 0.25) is 17.7 Å². The molecule has 1 aliphatic carbocycles. The molecule has 2 aliphatic rings. The number of carbonyl (C=O) groups excluding carboxylic acids is 3. The number of carboxylic acids is 1. The van der Waals surface area contributed by atoms with Gasteiger partial charge in [-0.2, -0.15) is 0 Å². The van der Waals surface area contributed by atoms with Gasteiger partial charge in [0.1, 0.15) is 0 Å². The molecule has 2 N–H and O–H groups in total. The number of anilines is 2. The van der Waals surface area contributed by atoms with E-state index >= 15 is 0 Å². The lowest BCUT2D eigenvalue weighted by atomic mass is 9.82. The number of thioether (sulfide) groups is 1. The topological polar surface area (TPSA) is 104 Å². The molecule has 2 aromatic rings. The molecule has 0 radical (unpaired) electrons. The quantitative estimate of drug-likeness (QED) is 0.466. The van der Waals surface area contributed by atoms with E-state index in [-0.39, 0.29) is 24.1 Å². The molecule has 0 spiro atoms. The predicted octanol–water partition coefficient (Wildman–Crippen LogP) is 4.37. The second kappa shape index (κ2) is 9.80. The van der Waals surface area contributed by atoms with Crippen LogP contribution in [-0.2, 0) is 19.2 Å². The van der Waals surface area contributed by atoms with Crippen molar-refractivity contribution in [2.75, 3.05) is 10.2 Å². The predicted molar refractivity (Wildman–Crippen MR) is 126 cm³/mol. The van der Waals surface area contributed by atoms with Crippen LogP contribution in [0.4, 0.5) is 11.4 Å². The third-order valence-electron chi connectivity index (χ3n) is 5.66. The number of hydrogen-bond acceptors (Lipinski definition) is 5. The first kappa shape index (κ1) is 23.1. The molecule has 1 heterocycles. The fraction of sp³-hybridized carbons (Fsp3) is 0.250. The number of nitrogens with zero attached hydrogens (tertiary/aromatic N) is 1. The Morgan fingerprint density at radius 1 is 1.03 bits per heavy atom. The molecular weight excluding hydrogens is 464 g/mol. The Morgan fingerprint density at radius 2 is 1.73 bits per heavy atom. The zero-order chi connectivity index (χ0) is 23.5. The van der Waals surface area contributed by atoms with Crippen molar-refractivity contribution in [2.45, 2.75) is 29.4 Å². The van der Waals surface area contributed by atoms with Crippen molar-refractivity contribution in [1.29, 1.82) is 0 Å². The second-order valence-electron chi connectivity index (χ2n) is 7.87. The Kier molecular flexibility index (Phi) is 6.85. The first-order valence-electron chi connectivity index (χ1n) is 10.4. The third-order valence-corrected chi connectivity index (χ3v) is 7.09. The van der Waals surface area contributed by atoms with Crippen LogP contribution in [0.25, 0.3) is 0 Å².